The number of fused-ring (bicyclic) bond motifs is 2. The van der Waals surface area contributed by atoms with Gasteiger partial charge in [-0.2, -0.15) is 0 Å². The molecule has 182 valence electrons. The monoisotopic (exact) mass is 473 g/mol. The number of pyridine rings is 1. The number of nitrogens with zero attached hydrogens (tertiary/aromatic N) is 4. The molecule has 2 aliphatic carbocycles. The third kappa shape index (κ3) is 3.58. The molecule has 0 amide bonds. The zero-order valence-corrected chi connectivity index (χ0v) is 20.2. The number of nitrogen functional groups attached to an aromatic ring is 1. The summed E-state index contributed by atoms with van der Waals surface area (Å²) < 4.78 is 9.80. The van der Waals surface area contributed by atoms with Gasteiger partial charge in [0.15, 0.2) is 0 Å². The van der Waals surface area contributed by atoms with E-state index in [4.69, 9.17) is 15.5 Å². The Morgan fingerprint density at radius 2 is 2.00 bits per heavy atom. The molecule has 0 spiro atoms. The lowest BCUT2D eigenvalue weighted by atomic mass is 9.72. The Morgan fingerprint density at radius 3 is 2.71 bits per heavy atom. The van der Waals surface area contributed by atoms with Crippen LogP contribution in [0.25, 0.3) is 27.5 Å². The van der Waals surface area contributed by atoms with E-state index in [1.165, 1.54) is 0 Å². The number of anilines is 1. The first-order valence-corrected chi connectivity index (χ1v) is 12.5. The van der Waals surface area contributed by atoms with Gasteiger partial charge in [0.1, 0.15) is 28.6 Å². The van der Waals surface area contributed by atoms with Crippen molar-refractivity contribution in [3.05, 3.63) is 53.0 Å². The van der Waals surface area contributed by atoms with E-state index in [-0.39, 0.29) is 17.5 Å². The first kappa shape index (κ1) is 22.1. The molecule has 0 saturated heterocycles. The molecule has 35 heavy (non-hydrogen) atoms. The normalized spacial score (nSPS) is 22.7. The van der Waals surface area contributed by atoms with E-state index in [0.717, 1.165) is 53.7 Å². The maximum atomic E-state index is 13.6. The molecule has 2 saturated carbocycles. The van der Waals surface area contributed by atoms with E-state index in [0.29, 0.717) is 36.3 Å². The molecule has 8 heteroatoms. The molecule has 0 atom stereocenters. The molecule has 1 aromatic carbocycles. The minimum atomic E-state index is -0.667. The van der Waals surface area contributed by atoms with Crippen molar-refractivity contribution < 1.29 is 9.84 Å². The van der Waals surface area contributed by atoms with Gasteiger partial charge in [-0.25, -0.2) is 9.97 Å². The molecule has 0 unspecified atom stereocenters. The van der Waals surface area contributed by atoms with Crippen LogP contribution >= 0.6 is 0 Å². The van der Waals surface area contributed by atoms with E-state index < -0.39 is 5.60 Å². The number of hydrogen-bond donors (Lipinski definition) is 2. The summed E-state index contributed by atoms with van der Waals surface area (Å²) in [5.41, 5.74) is 7.91. The fraction of sp³-hybridized carbons (Fsp3) is 0.444. The van der Waals surface area contributed by atoms with Gasteiger partial charge in [-0.05, 0) is 51.7 Å². The third-order valence-corrected chi connectivity index (χ3v) is 7.65. The summed E-state index contributed by atoms with van der Waals surface area (Å²) in [6.45, 7) is 4.34. The minimum absolute atomic E-state index is 0.00192. The number of imidazole rings is 1. The van der Waals surface area contributed by atoms with Crippen molar-refractivity contribution in [3.8, 4) is 17.0 Å². The second kappa shape index (κ2) is 8.09. The molecule has 2 aliphatic rings. The van der Waals surface area contributed by atoms with Crippen LogP contribution in [-0.4, -0.2) is 36.3 Å². The second-order valence-corrected chi connectivity index (χ2v) is 10.3. The number of hydrogen-bond acceptors (Lipinski definition) is 6. The quantitative estimate of drug-likeness (QED) is 0.444. The number of aromatic nitrogens is 4. The molecule has 2 fully saturated rings. The van der Waals surface area contributed by atoms with Crippen LogP contribution in [0.15, 0.2) is 41.6 Å². The van der Waals surface area contributed by atoms with Crippen LogP contribution in [0.1, 0.15) is 70.2 Å². The summed E-state index contributed by atoms with van der Waals surface area (Å²) in [4.78, 5) is 22.9. The maximum Gasteiger partial charge on any atom is 0.258 e. The Bertz CT molecular complexity index is 1490. The Labute approximate surface area is 203 Å². The van der Waals surface area contributed by atoms with E-state index in [2.05, 4.69) is 4.98 Å². The lowest BCUT2D eigenvalue weighted by Crippen LogP contribution is -2.40. The lowest BCUT2D eigenvalue weighted by molar-refractivity contribution is -0.0335. The number of ether oxygens (including phenoxy) is 1. The fourth-order valence-electron chi connectivity index (χ4n) is 5.96. The predicted octanol–water partition coefficient (Wildman–Crippen LogP) is 4.44. The number of nitrogens with two attached hydrogens (primary N) is 1. The van der Waals surface area contributed by atoms with Gasteiger partial charge in [-0.3, -0.25) is 9.20 Å². The number of rotatable bonds is 5. The van der Waals surface area contributed by atoms with Crippen LogP contribution in [0.2, 0.25) is 0 Å². The summed E-state index contributed by atoms with van der Waals surface area (Å²) in [5, 5.41) is 11.7. The topological polar surface area (TPSA) is 108 Å². The van der Waals surface area contributed by atoms with Crippen molar-refractivity contribution in [2.24, 2.45) is 0 Å². The highest BCUT2D eigenvalue weighted by Gasteiger charge is 2.41. The standard InChI is InChI=1S/C27H31N5O3/c1-3-35-21-15-32(18-6-4-5-7-18)26(33)20-12-16(8-9-19(20)21)22-23-24(28)29-10-11-31(23)25(30-22)17-13-27(2,34)14-17/h8-12,15,17-18,34H,3-7,13-14H2,1-2H3,(H2,28,29). The largest absolute Gasteiger partial charge is 0.492 e. The van der Waals surface area contributed by atoms with Crippen LogP contribution in [-0.2, 0) is 0 Å². The zero-order valence-electron chi connectivity index (χ0n) is 20.2. The SMILES string of the molecule is CCOc1cn(C2CCCC2)c(=O)c2cc(-c3nc(C4CC(C)(O)C4)n4ccnc(N)c34)ccc12. The number of aliphatic hydroxyl groups is 1. The van der Waals surface area contributed by atoms with Crippen molar-refractivity contribution in [2.75, 3.05) is 12.3 Å². The van der Waals surface area contributed by atoms with Crippen molar-refractivity contribution in [2.45, 2.75) is 69.9 Å². The highest BCUT2D eigenvalue weighted by Crippen LogP contribution is 2.45. The van der Waals surface area contributed by atoms with Crippen LogP contribution in [0.4, 0.5) is 5.82 Å². The van der Waals surface area contributed by atoms with Gasteiger partial charge in [0.2, 0.25) is 0 Å². The van der Waals surface area contributed by atoms with Gasteiger partial charge < -0.3 is 20.1 Å². The molecule has 0 bridgehead atoms. The first-order chi connectivity index (χ1) is 16.9. The van der Waals surface area contributed by atoms with E-state index in [1.807, 2.05) is 53.4 Å². The van der Waals surface area contributed by atoms with Crippen molar-refractivity contribution in [1.82, 2.24) is 18.9 Å². The molecule has 4 aromatic rings. The number of benzene rings is 1. The molecule has 8 nitrogen and oxygen atoms in total. The van der Waals surface area contributed by atoms with Crippen LogP contribution < -0.4 is 16.0 Å². The highest BCUT2D eigenvalue weighted by molar-refractivity contribution is 5.94. The Hall–Kier alpha value is -3.39. The van der Waals surface area contributed by atoms with Crippen molar-refractivity contribution in [3.63, 3.8) is 0 Å². The predicted molar refractivity (Wildman–Crippen MR) is 136 cm³/mol. The summed E-state index contributed by atoms with van der Waals surface area (Å²) in [5.74, 6) is 2.12. The summed E-state index contributed by atoms with van der Waals surface area (Å²) in [7, 11) is 0. The highest BCUT2D eigenvalue weighted by atomic mass is 16.5. The summed E-state index contributed by atoms with van der Waals surface area (Å²) in [6, 6.07) is 6.05. The molecule has 3 aromatic heterocycles. The molecular formula is C27H31N5O3. The maximum absolute atomic E-state index is 13.6. The summed E-state index contributed by atoms with van der Waals surface area (Å²) in [6.07, 6.45) is 11.0. The Kier molecular flexibility index (Phi) is 5.11. The van der Waals surface area contributed by atoms with Crippen LogP contribution in [0.3, 0.4) is 0 Å². The molecule has 0 aliphatic heterocycles. The molecule has 3 N–H and O–H groups in total. The van der Waals surface area contributed by atoms with Gasteiger partial charge in [-0.1, -0.05) is 18.9 Å². The smallest absolute Gasteiger partial charge is 0.258 e. The van der Waals surface area contributed by atoms with E-state index in [1.54, 1.807) is 6.20 Å². The van der Waals surface area contributed by atoms with Gasteiger partial charge in [-0.15, -0.1) is 0 Å². The Morgan fingerprint density at radius 1 is 1.23 bits per heavy atom. The van der Waals surface area contributed by atoms with E-state index in [9.17, 15) is 9.90 Å². The average molecular weight is 474 g/mol. The zero-order chi connectivity index (χ0) is 24.3. The molecule has 3 heterocycles. The average Bonchev–Trinajstić information content (AvgIpc) is 3.48. The third-order valence-electron chi connectivity index (χ3n) is 7.65. The van der Waals surface area contributed by atoms with Crippen LogP contribution in [0, 0.1) is 0 Å². The van der Waals surface area contributed by atoms with Crippen molar-refractivity contribution in [1.29, 1.82) is 0 Å². The first-order valence-electron chi connectivity index (χ1n) is 12.5. The van der Waals surface area contributed by atoms with E-state index >= 15 is 0 Å². The molecule has 6 rings (SSSR count). The fourth-order valence-corrected chi connectivity index (χ4v) is 5.96. The molecular weight excluding hydrogens is 442 g/mol. The minimum Gasteiger partial charge on any atom is -0.492 e. The second-order valence-electron chi connectivity index (χ2n) is 10.3. The van der Waals surface area contributed by atoms with Gasteiger partial charge in [0.05, 0.1) is 23.8 Å². The van der Waals surface area contributed by atoms with Gasteiger partial charge >= 0.3 is 0 Å². The van der Waals surface area contributed by atoms with Gasteiger partial charge in [0, 0.05) is 35.3 Å². The molecule has 0 radical (unpaired) electrons. The van der Waals surface area contributed by atoms with Gasteiger partial charge in [0.25, 0.3) is 5.56 Å². The van der Waals surface area contributed by atoms with Crippen LogP contribution in [0.5, 0.6) is 5.75 Å². The Balaban J connectivity index is 1.54. The lowest BCUT2D eigenvalue weighted by Gasteiger charge is -2.40. The summed E-state index contributed by atoms with van der Waals surface area (Å²) >= 11 is 0. The van der Waals surface area contributed by atoms with Crippen molar-refractivity contribution >= 4 is 22.1 Å².